The lowest BCUT2D eigenvalue weighted by atomic mass is 10.2. The maximum atomic E-state index is 8.64. The number of aliphatic hydroxyl groups excluding tert-OH is 1. The Balaban J connectivity index is 3.47. The number of aliphatic hydroxyl groups is 1. The van der Waals surface area contributed by atoms with Crippen molar-refractivity contribution in [3.8, 4) is 0 Å². The smallest absolute Gasteiger partial charge is 0.0433 e. The first-order chi connectivity index (χ1) is 11.4. The zero-order valence-electron chi connectivity index (χ0n) is 14.7. The summed E-state index contributed by atoms with van der Waals surface area (Å²) >= 11 is 0. The minimum absolute atomic E-state index is 0.284. The van der Waals surface area contributed by atoms with Crippen LogP contribution in [0.15, 0.2) is 72.9 Å². The van der Waals surface area contributed by atoms with Crippen LogP contribution in [0.5, 0.6) is 0 Å². The lowest BCUT2D eigenvalue weighted by molar-refractivity contribution is 0.289. The highest BCUT2D eigenvalue weighted by molar-refractivity contribution is 5.01. The number of hydrogen-bond acceptors (Lipinski definition) is 1. The quantitative estimate of drug-likeness (QED) is 0.288. The standard InChI is InChI=1S/C22H34O/c1-2-3-4-5-6-7-8-9-10-11-12-13-14-15-16-17-18-19-20-21-22-23/h3-4,6-7,9-10,12-13,15-16,18-19,23H,2,5,8,11,14,17,20-22H2,1H3/b4-3-,7-6-,10-9-,13-12-,16-15-,19-18-. The molecule has 0 bridgehead atoms. The van der Waals surface area contributed by atoms with E-state index in [1.807, 2.05) is 0 Å². The maximum absolute atomic E-state index is 8.64. The van der Waals surface area contributed by atoms with Gasteiger partial charge in [0.25, 0.3) is 0 Å². The van der Waals surface area contributed by atoms with Gasteiger partial charge in [-0.05, 0) is 51.4 Å². The summed E-state index contributed by atoms with van der Waals surface area (Å²) < 4.78 is 0. The van der Waals surface area contributed by atoms with E-state index in [0.717, 1.165) is 51.4 Å². The Kier molecular flexibility index (Phi) is 19.0. The van der Waals surface area contributed by atoms with Crippen LogP contribution in [0, 0.1) is 0 Å². The molecule has 1 nitrogen and oxygen atoms in total. The first-order valence-electron chi connectivity index (χ1n) is 8.92. The summed E-state index contributed by atoms with van der Waals surface area (Å²) in [5.41, 5.74) is 0. The molecule has 1 N–H and O–H groups in total. The summed E-state index contributed by atoms with van der Waals surface area (Å²) in [6, 6.07) is 0. The fraction of sp³-hybridized carbons (Fsp3) is 0.455. The number of rotatable bonds is 14. The second-order valence-electron chi connectivity index (χ2n) is 5.28. The van der Waals surface area contributed by atoms with Gasteiger partial charge in [0.05, 0.1) is 0 Å². The Morgan fingerprint density at radius 3 is 1.22 bits per heavy atom. The normalized spacial score (nSPS) is 13.3. The van der Waals surface area contributed by atoms with Crippen LogP contribution in [0.1, 0.15) is 58.3 Å². The molecule has 0 radical (unpaired) electrons. The zero-order valence-corrected chi connectivity index (χ0v) is 14.7. The molecule has 0 heterocycles. The van der Waals surface area contributed by atoms with E-state index in [1.165, 1.54) is 0 Å². The van der Waals surface area contributed by atoms with Gasteiger partial charge in [0.2, 0.25) is 0 Å². The van der Waals surface area contributed by atoms with Crippen molar-refractivity contribution in [2.45, 2.75) is 58.3 Å². The first kappa shape index (κ1) is 21.4. The Hall–Kier alpha value is -1.60. The average molecular weight is 315 g/mol. The van der Waals surface area contributed by atoms with Gasteiger partial charge >= 0.3 is 0 Å². The molecule has 0 spiro atoms. The molecule has 1 heteroatoms. The third kappa shape index (κ3) is 20.4. The molecule has 0 saturated carbocycles. The molecule has 0 aliphatic rings. The van der Waals surface area contributed by atoms with Crippen molar-refractivity contribution in [2.24, 2.45) is 0 Å². The van der Waals surface area contributed by atoms with Gasteiger partial charge in [-0.15, -0.1) is 0 Å². The molecule has 23 heavy (non-hydrogen) atoms. The number of unbranched alkanes of at least 4 members (excludes halogenated alkanes) is 1. The van der Waals surface area contributed by atoms with Crippen molar-refractivity contribution in [1.82, 2.24) is 0 Å². The molecule has 0 aliphatic carbocycles. The third-order valence-electron chi connectivity index (χ3n) is 3.13. The van der Waals surface area contributed by atoms with E-state index in [1.54, 1.807) is 0 Å². The number of hydrogen-bond donors (Lipinski definition) is 1. The highest BCUT2D eigenvalue weighted by Crippen LogP contribution is 1.97. The molecule has 0 rings (SSSR count). The minimum Gasteiger partial charge on any atom is -0.396 e. The Labute approximate surface area is 143 Å². The SMILES string of the molecule is CC/C=C\C/C=C\C/C=C\C/C=C\C/C=C\C/C=C\CCCO. The summed E-state index contributed by atoms with van der Waals surface area (Å²) in [4.78, 5) is 0. The predicted molar refractivity (Wildman–Crippen MR) is 105 cm³/mol. The second kappa shape index (κ2) is 20.4. The molecule has 0 aromatic heterocycles. The van der Waals surface area contributed by atoms with Crippen LogP contribution < -0.4 is 0 Å². The van der Waals surface area contributed by atoms with Crippen LogP contribution in [0.3, 0.4) is 0 Å². The van der Waals surface area contributed by atoms with Crippen LogP contribution in [0.4, 0.5) is 0 Å². The third-order valence-corrected chi connectivity index (χ3v) is 3.13. The van der Waals surface area contributed by atoms with E-state index in [9.17, 15) is 0 Å². The summed E-state index contributed by atoms with van der Waals surface area (Å²) in [5.74, 6) is 0. The highest BCUT2D eigenvalue weighted by Gasteiger charge is 1.78. The molecular formula is C22H34O. The van der Waals surface area contributed by atoms with Crippen molar-refractivity contribution in [3.05, 3.63) is 72.9 Å². The molecule has 0 aromatic carbocycles. The van der Waals surface area contributed by atoms with E-state index < -0.39 is 0 Å². The van der Waals surface area contributed by atoms with Crippen molar-refractivity contribution in [2.75, 3.05) is 6.61 Å². The van der Waals surface area contributed by atoms with Gasteiger partial charge in [-0.25, -0.2) is 0 Å². The Bertz CT molecular complexity index is 394. The van der Waals surface area contributed by atoms with Crippen molar-refractivity contribution < 1.29 is 5.11 Å². The molecule has 0 aromatic rings. The van der Waals surface area contributed by atoms with Gasteiger partial charge in [0.15, 0.2) is 0 Å². The van der Waals surface area contributed by atoms with Gasteiger partial charge in [-0.3, -0.25) is 0 Å². The Morgan fingerprint density at radius 1 is 0.522 bits per heavy atom. The molecule has 128 valence electrons. The Morgan fingerprint density at radius 2 is 0.870 bits per heavy atom. The molecule has 0 fully saturated rings. The van der Waals surface area contributed by atoms with Crippen molar-refractivity contribution >= 4 is 0 Å². The van der Waals surface area contributed by atoms with Crippen molar-refractivity contribution in [1.29, 1.82) is 0 Å². The van der Waals surface area contributed by atoms with E-state index in [-0.39, 0.29) is 6.61 Å². The van der Waals surface area contributed by atoms with E-state index >= 15 is 0 Å². The van der Waals surface area contributed by atoms with Crippen LogP contribution in [-0.4, -0.2) is 11.7 Å². The summed E-state index contributed by atoms with van der Waals surface area (Å²) in [6.45, 7) is 2.44. The lowest BCUT2D eigenvalue weighted by Gasteiger charge is -1.87. The zero-order chi connectivity index (χ0) is 16.8. The van der Waals surface area contributed by atoms with Crippen LogP contribution >= 0.6 is 0 Å². The molecule has 0 aliphatic heterocycles. The van der Waals surface area contributed by atoms with E-state index in [2.05, 4.69) is 79.8 Å². The van der Waals surface area contributed by atoms with Crippen LogP contribution in [-0.2, 0) is 0 Å². The van der Waals surface area contributed by atoms with Gasteiger partial charge < -0.3 is 5.11 Å². The maximum Gasteiger partial charge on any atom is 0.0433 e. The molecule has 0 atom stereocenters. The number of allylic oxidation sites excluding steroid dienone is 12. The first-order valence-corrected chi connectivity index (χ1v) is 8.92. The van der Waals surface area contributed by atoms with E-state index in [0.29, 0.717) is 0 Å². The summed E-state index contributed by atoms with van der Waals surface area (Å²) in [6.07, 6.45) is 34.4. The predicted octanol–water partition coefficient (Wildman–Crippen LogP) is 6.46. The van der Waals surface area contributed by atoms with Crippen molar-refractivity contribution in [3.63, 3.8) is 0 Å². The van der Waals surface area contributed by atoms with Gasteiger partial charge in [0, 0.05) is 6.61 Å². The highest BCUT2D eigenvalue weighted by atomic mass is 16.2. The monoisotopic (exact) mass is 314 g/mol. The lowest BCUT2D eigenvalue weighted by Crippen LogP contribution is -1.77. The van der Waals surface area contributed by atoms with Gasteiger partial charge in [-0.2, -0.15) is 0 Å². The molecule has 0 amide bonds. The average Bonchev–Trinajstić information content (AvgIpc) is 2.57. The topological polar surface area (TPSA) is 20.2 Å². The summed E-state index contributed by atoms with van der Waals surface area (Å²) in [5, 5.41) is 8.64. The summed E-state index contributed by atoms with van der Waals surface area (Å²) in [7, 11) is 0. The molecule has 0 unspecified atom stereocenters. The van der Waals surface area contributed by atoms with Gasteiger partial charge in [-0.1, -0.05) is 79.8 Å². The largest absolute Gasteiger partial charge is 0.396 e. The molecular weight excluding hydrogens is 280 g/mol. The fourth-order valence-corrected chi connectivity index (χ4v) is 1.85. The van der Waals surface area contributed by atoms with Gasteiger partial charge in [0.1, 0.15) is 0 Å². The van der Waals surface area contributed by atoms with E-state index in [4.69, 9.17) is 5.11 Å². The fourth-order valence-electron chi connectivity index (χ4n) is 1.85. The second-order valence-corrected chi connectivity index (χ2v) is 5.28. The minimum atomic E-state index is 0.284. The molecule has 0 saturated heterocycles. The van der Waals surface area contributed by atoms with Crippen LogP contribution in [0.25, 0.3) is 0 Å². The van der Waals surface area contributed by atoms with Crippen LogP contribution in [0.2, 0.25) is 0 Å².